The third-order valence-corrected chi connectivity index (χ3v) is 3.97. The molecule has 1 fully saturated rings. The quantitative estimate of drug-likeness (QED) is 0.649. The molecule has 1 saturated heterocycles. The first-order valence-electron chi connectivity index (χ1n) is 5.49. The van der Waals surface area contributed by atoms with Crippen molar-refractivity contribution < 1.29 is 13.2 Å². The molecule has 1 rings (SSSR count). The second-order valence-electron chi connectivity index (χ2n) is 3.56. The summed E-state index contributed by atoms with van der Waals surface area (Å²) in [4.78, 5) is 0. The van der Waals surface area contributed by atoms with Crippen LogP contribution in [0.3, 0.4) is 0 Å². The molecular formula is C9H20N2O3S. The highest BCUT2D eigenvalue weighted by atomic mass is 32.2. The summed E-state index contributed by atoms with van der Waals surface area (Å²) in [6.45, 7) is 4.98. The van der Waals surface area contributed by atoms with Gasteiger partial charge in [0.1, 0.15) is 0 Å². The Morgan fingerprint density at radius 2 is 2.00 bits per heavy atom. The highest BCUT2D eigenvalue weighted by molar-refractivity contribution is 7.87. The molecule has 1 aliphatic heterocycles. The zero-order valence-corrected chi connectivity index (χ0v) is 10.1. The summed E-state index contributed by atoms with van der Waals surface area (Å²) in [6.07, 6.45) is 2.67. The lowest BCUT2D eigenvalue weighted by atomic mass is 10.4. The van der Waals surface area contributed by atoms with Crippen LogP contribution in [-0.2, 0) is 14.9 Å². The Hall–Kier alpha value is -0.170. The van der Waals surface area contributed by atoms with Crippen LogP contribution in [0.25, 0.3) is 0 Å². The fourth-order valence-electron chi connectivity index (χ4n) is 1.54. The van der Waals surface area contributed by atoms with Crippen molar-refractivity contribution in [2.75, 3.05) is 32.8 Å². The van der Waals surface area contributed by atoms with Crippen molar-refractivity contribution >= 4 is 10.2 Å². The van der Waals surface area contributed by atoms with E-state index in [0.29, 0.717) is 32.8 Å². The van der Waals surface area contributed by atoms with Crippen molar-refractivity contribution in [3.05, 3.63) is 0 Å². The molecule has 90 valence electrons. The van der Waals surface area contributed by atoms with Crippen LogP contribution in [0, 0.1) is 0 Å². The predicted octanol–water partition coefficient (Wildman–Crippen LogP) is 0.343. The number of nitrogens with zero attached hydrogens (tertiary/aromatic N) is 1. The van der Waals surface area contributed by atoms with Crippen LogP contribution in [0.2, 0.25) is 0 Å². The van der Waals surface area contributed by atoms with Gasteiger partial charge in [-0.3, -0.25) is 0 Å². The molecule has 0 unspecified atom stereocenters. The Bertz CT molecular complexity index is 261. The number of hydrogen-bond donors (Lipinski definition) is 1. The Labute approximate surface area is 92.0 Å². The maximum absolute atomic E-state index is 11.6. The normalized spacial score (nSPS) is 18.5. The van der Waals surface area contributed by atoms with Crippen LogP contribution in [0.15, 0.2) is 0 Å². The summed E-state index contributed by atoms with van der Waals surface area (Å²) in [6, 6.07) is 0. The smallest absolute Gasteiger partial charge is 0.279 e. The minimum atomic E-state index is -3.22. The van der Waals surface area contributed by atoms with E-state index in [4.69, 9.17) is 4.74 Å². The van der Waals surface area contributed by atoms with Gasteiger partial charge in [0.05, 0.1) is 0 Å². The van der Waals surface area contributed by atoms with E-state index >= 15 is 0 Å². The molecule has 1 aliphatic rings. The van der Waals surface area contributed by atoms with Crippen molar-refractivity contribution in [1.29, 1.82) is 0 Å². The van der Waals surface area contributed by atoms with Gasteiger partial charge in [-0.05, 0) is 26.2 Å². The van der Waals surface area contributed by atoms with Crippen molar-refractivity contribution in [2.24, 2.45) is 0 Å². The first kappa shape index (κ1) is 12.9. The maximum Gasteiger partial charge on any atom is 0.279 e. The fourth-order valence-corrected chi connectivity index (χ4v) is 2.86. The molecule has 5 nitrogen and oxygen atoms in total. The molecule has 0 atom stereocenters. The molecule has 0 saturated carbocycles. The molecule has 0 radical (unpaired) electrons. The van der Waals surface area contributed by atoms with Gasteiger partial charge < -0.3 is 4.74 Å². The summed E-state index contributed by atoms with van der Waals surface area (Å²) in [5, 5.41) is 0. The first-order valence-corrected chi connectivity index (χ1v) is 6.93. The van der Waals surface area contributed by atoms with E-state index in [1.807, 2.05) is 6.92 Å². The van der Waals surface area contributed by atoms with Gasteiger partial charge in [0, 0.05) is 32.8 Å². The van der Waals surface area contributed by atoms with Gasteiger partial charge in [0.2, 0.25) is 0 Å². The zero-order valence-electron chi connectivity index (χ0n) is 9.24. The highest BCUT2D eigenvalue weighted by Crippen LogP contribution is 2.10. The molecule has 0 bridgehead atoms. The monoisotopic (exact) mass is 236 g/mol. The van der Waals surface area contributed by atoms with Gasteiger partial charge >= 0.3 is 0 Å². The zero-order chi connectivity index (χ0) is 11.1. The number of rotatable bonds is 7. The van der Waals surface area contributed by atoms with Crippen LogP contribution in [-0.4, -0.2) is 45.6 Å². The molecule has 0 amide bonds. The number of nitrogens with one attached hydrogen (secondary N) is 1. The van der Waals surface area contributed by atoms with E-state index in [1.165, 1.54) is 4.31 Å². The van der Waals surface area contributed by atoms with Crippen LogP contribution in [0.1, 0.15) is 26.2 Å². The molecular weight excluding hydrogens is 216 g/mol. The molecule has 0 aromatic heterocycles. The van der Waals surface area contributed by atoms with Crippen molar-refractivity contribution in [3.8, 4) is 0 Å². The minimum Gasteiger partial charge on any atom is -0.382 e. The van der Waals surface area contributed by atoms with E-state index in [1.54, 1.807) is 0 Å². The van der Waals surface area contributed by atoms with Crippen LogP contribution < -0.4 is 4.72 Å². The van der Waals surface area contributed by atoms with Gasteiger partial charge in [-0.1, -0.05) is 0 Å². The van der Waals surface area contributed by atoms with Crippen LogP contribution in [0.4, 0.5) is 0 Å². The first-order chi connectivity index (χ1) is 7.17. The van der Waals surface area contributed by atoms with Crippen LogP contribution in [0.5, 0.6) is 0 Å². The molecule has 1 N–H and O–H groups in total. The second kappa shape index (κ2) is 6.42. The summed E-state index contributed by atoms with van der Waals surface area (Å²) in [7, 11) is -3.22. The summed E-state index contributed by atoms with van der Waals surface area (Å²) >= 11 is 0. The molecule has 15 heavy (non-hydrogen) atoms. The number of ether oxygens (including phenoxy) is 1. The molecule has 0 aromatic rings. The lowest BCUT2D eigenvalue weighted by Crippen LogP contribution is -2.39. The van der Waals surface area contributed by atoms with Gasteiger partial charge in [-0.2, -0.15) is 12.7 Å². The summed E-state index contributed by atoms with van der Waals surface area (Å²) < 4.78 is 32.5. The SMILES string of the molecule is CCOCCCNS(=O)(=O)N1CCCC1. The van der Waals surface area contributed by atoms with E-state index in [9.17, 15) is 8.42 Å². The predicted molar refractivity (Wildman–Crippen MR) is 58.8 cm³/mol. The topological polar surface area (TPSA) is 58.6 Å². The molecule has 0 aliphatic carbocycles. The van der Waals surface area contributed by atoms with E-state index in [2.05, 4.69) is 4.72 Å². The average molecular weight is 236 g/mol. The lowest BCUT2D eigenvalue weighted by molar-refractivity contribution is 0.146. The molecule has 0 spiro atoms. The van der Waals surface area contributed by atoms with Gasteiger partial charge in [0.25, 0.3) is 10.2 Å². The molecule has 0 aromatic carbocycles. The largest absolute Gasteiger partial charge is 0.382 e. The third kappa shape index (κ3) is 4.46. The Morgan fingerprint density at radius 3 is 2.60 bits per heavy atom. The molecule has 1 heterocycles. The summed E-state index contributed by atoms with van der Waals surface area (Å²) in [5.74, 6) is 0. The number of hydrogen-bond acceptors (Lipinski definition) is 3. The average Bonchev–Trinajstić information content (AvgIpc) is 2.70. The minimum absolute atomic E-state index is 0.457. The molecule has 6 heteroatoms. The van der Waals surface area contributed by atoms with Crippen molar-refractivity contribution in [2.45, 2.75) is 26.2 Å². The Kier molecular flexibility index (Phi) is 5.52. The van der Waals surface area contributed by atoms with Gasteiger partial charge in [0.15, 0.2) is 0 Å². The lowest BCUT2D eigenvalue weighted by Gasteiger charge is -2.15. The summed E-state index contributed by atoms with van der Waals surface area (Å²) in [5.41, 5.74) is 0. The van der Waals surface area contributed by atoms with Crippen molar-refractivity contribution in [1.82, 2.24) is 9.03 Å². The standard InChI is InChI=1S/C9H20N2O3S/c1-2-14-9-5-6-10-15(12,13)11-7-3-4-8-11/h10H,2-9H2,1H3. The van der Waals surface area contributed by atoms with E-state index < -0.39 is 10.2 Å². The maximum atomic E-state index is 11.6. The van der Waals surface area contributed by atoms with Gasteiger partial charge in [-0.25, -0.2) is 4.72 Å². The van der Waals surface area contributed by atoms with Crippen LogP contribution >= 0.6 is 0 Å². The van der Waals surface area contributed by atoms with Gasteiger partial charge in [-0.15, -0.1) is 0 Å². The second-order valence-corrected chi connectivity index (χ2v) is 5.31. The fraction of sp³-hybridized carbons (Fsp3) is 1.00. The van der Waals surface area contributed by atoms with E-state index in [-0.39, 0.29) is 0 Å². The Morgan fingerprint density at radius 1 is 1.33 bits per heavy atom. The third-order valence-electron chi connectivity index (χ3n) is 2.36. The van der Waals surface area contributed by atoms with E-state index in [0.717, 1.165) is 19.3 Å². The highest BCUT2D eigenvalue weighted by Gasteiger charge is 2.24. The Balaban J connectivity index is 2.18. The van der Waals surface area contributed by atoms with Crippen molar-refractivity contribution in [3.63, 3.8) is 0 Å².